The van der Waals surface area contributed by atoms with E-state index in [1.807, 2.05) is 73.0 Å². The summed E-state index contributed by atoms with van der Waals surface area (Å²) in [6, 6.07) is 13.9. The molecule has 4 aromatic rings. The van der Waals surface area contributed by atoms with Gasteiger partial charge in [0.25, 0.3) is 0 Å². The number of nitrogens with one attached hydrogen (secondary N) is 2. The number of pyridine rings is 1. The third-order valence-corrected chi connectivity index (χ3v) is 9.48. The van der Waals surface area contributed by atoms with Crippen LogP contribution in [0.3, 0.4) is 0 Å². The van der Waals surface area contributed by atoms with E-state index in [9.17, 15) is 4.79 Å². The molecule has 0 unspecified atom stereocenters. The number of hydrogen-bond acceptors (Lipinski definition) is 8. The van der Waals surface area contributed by atoms with Crippen LogP contribution in [-0.4, -0.2) is 69.2 Å². The van der Waals surface area contributed by atoms with E-state index in [1.165, 1.54) is 0 Å². The Kier molecular flexibility index (Phi) is 8.29. The van der Waals surface area contributed by atoms with Crippen LogP contribution in [0.4, 0.5) is 22.4 Å². The van der Waals surface area contributed by atoms with Crippen molar-refractivity contribution in [3.63, 3.8) is 0 Å². The molecule has 1 saturated carbocycles. The topological polar surface area (TPSA) is 113 Å². The van der Waals surface area contributed by atoms with E-state index in [0.29, 0.717) is 23.3 Å². The van der Waals surface area contributed by atoms with Gasteiger partial charge in [-0.05, 0) is 49.8 Å². The average molecular weight is 628 g/mol. The summed E-state index contributed by atoms with van der Waals surface area (Å²) in [7, 11) is 1.89. The number of carbonyl (C=O) groups excluding carboxylic acids is 1. The summed E-state index contributed by atoms with van der Waals surface area (Å²) >= 11 is 6.55. The summed E-state index contributed by atoms with van der Waals surface area (Å²) in [6.45, 7) is 3.90. The molecule has 2 saturated heterocycles. The number of urea groups is 1. The van der Waals surface area contributed by atoms with E-state index >= 15 is 0 Å². The quantitative estimate of drug-likeness (QED) is 0.271. The summed E-state index contributed by atoms with van der Waals surface area (Å²) in [5.74, 6) is 2.01. The number of ether oxygens (including phenoxy) is 1. The Hall–Kier alpha value is -4.22. The van der Waals surface area contributed by atoms with E-state index in [0.717, 1.165) is 80.9 Å². The summed E-state index contributed by atoms with van der Waals surface area (Å²) < 4.78 is 7.25. The number of carbonyl (C=O) groups is 1. The van der Waals surface area contributed by atoms with Gasteiger partial charge >= 0.3 is 6.03 Å². The normalized spacial score (nSPS) is 20.5. The largest absolute Gasteiger partial charge is 0.380 e. The lowest BCUT2D eigenvalue weighted by Crippen LogP contribution is -2.49. The number of aryl methyl sites for hydroxylation is 1. The second kappa shape index (κ2) is 12.6. The second-order valence-corrected chi connectivity index (χ2v) is 12.9. The average Bonchev–Trinajstić information content (AvgIpc) is 3.70. The van der Waals surface area contributed by atoms with Crippen LogP contribution in [0.25, 0.3) is 11.1 Å². The highest BCUT2D eigenvalue weighted by Gasteiger charge is 2.45. The number of hydrogen-bond donors (Lipinski definition) is 2. The Labute approximate surface area is 268 Å². The Morgan fingerprint density at radius 2 is 1.87 bits per heavy atom. The van der Waals surface area contributed by atoms with Gasteiger partial charge in [0.05, 0.1) is 25.6 Å². The zero-order chi connectivity index (χ0) is 30.8. The molecule has 0 bridgehead atoms. The summed E-state index contributed by atoms with van der Waals surface area (Å²) in [6.07, 6.45) is 11.7. The molecule has 11 nitrogen and oxygen atoms in total. The molecule has 1 aliphatic carbocycles. The van der Waals surface area contributed by atoms with Crippen LogP contribution >= 0.6 is 11.6 Å². The van der Waals surface area contributed by atoms with Gasteiger partial charge in [-0.1, -0.05) is 41.9 Å². The number of amides is 2. The van der Waals surface area contributed by atoms with Crippen LogP contribution in [0, 0.1) is 5.41 Å². The van der Waals surface area contributed by atoms with Crippen molar-refractivity contribution < 1.29 is 9.53 Å². The van der Waals surface area contributed by atoms with Gasteiger partial charge in [-0.25, -0.2) is 14.8 Å². The van der Waals surface area contributed by atoms with E-state index in [-0.39, 0.29) is 23.5 Å². The molecule has 3 aromatic heterocycles. The van der Waals surface area contributed by atoms with Crippen molar-refractivity contribution in [1.82, 2.24) is 30.0 Å². The predicted molar refractivity (Wildman–Crippen MR) is 174 cm³/mol. The van der Waals surface area contributed by atoms with E-state index in [2.05, 4.69) is 25.6 Å². The number of nitrogens with zero attached hydrogens (tertiary/aromatic N) is 7. The van der Waals surface area contributed by atoms with Crippen molar-refractivity contribution in [3.8, 4) is 11.1 Å². The lowest BCUT2D eigenvalue weighted by Gasteiger charge is -2.37. The molecule has 3 aliphatic rings. The molecule has 1 spiro atoms. The van der Waals surface area contributed by atoms with Gasteiger partial charge in [0, 0.05) is 67.7 Å². The molecule has 234 valence electrons. The SMILES string of the molecule is Cn1cc(-c2ccc(N(C(=O)NCc3ccccc3)[C@H]3CC[C@H](Nc4ncc(Cl)c(N5CCC6(COC6)C5)n4)CC3)nc2)cn1. The summed E-state index contributed by atoms with van der Waals surface area (Å²) in [4.78, 5) is 31.9. The van der Waals surface area contributed by atoms with Crippen molar-refractivity contribution in [3.05, 3.63) is 77.8 Å². The Bertz CT molecular complexity index is 1620. The first-order valence-electron chi connectivity index (χ1n) is 15.6. The smallest absolute Gasteiger partial charge is 0.323 e. The zero-order valence-electron chi connectivity index (χ0n) is 25.4. The summed E-state index contributed by atoms with van der Waals surface area (Å²) in [5.41, 5.74) is 3.23. The van der Waals surface area contributed by atoms with Gasteiger partial charge < -0.3 is 20.3 Å². The molecule has 2 N–H and O–H groups in total. The molecule has 5 heterocycles. The molecule has 12 heteroatoms. The molecule has 0 atom stereocenters. The van der Waals surface area contributed by atoms with Gasteiger partial charge in [0.2, 0.25) is 5.95 Å². The first-order chi connectivity index (χ1) is 21.9. The van der Waals surface area contributed by atoms with Gasteiger partial charge in [-0.15, -0.1) is 0 Å². The van der Waals surface area contributed by atoms with Gasteiger partial charge in [0.15, 0.2) is 5.82 Å². The molecule has 3 fully saturated rings. The van der Waals surface area contributed by atoms with Crippen molar-refractivity contribution in [1.29, 1.82) is 0 Å². The first kappa shape index (κ1) is 29.5. The summed E-state index contributed by atoms with van der Waals surface area (Å²) in [5, 5.41) is 11.5. The number of benzene rings is 1. The van der Waals surface area contributed by atoms with E-state index in [4.69, 9.17) is 26.3 Å². The number of aromatic nitrogens is 5. The first-order valence-corrected chi connectivity index (χ1v) is 16.0. The lowest BCUT2D eigenvalue weighted by atomic mass is 9.85. The third kappa shape index (κ3) is 6.46. The maximum atomic E-state index is 13.7. The van der Waals surface area contributed by atoms with Crippen LogP contribution < -0.4 is 20.4 Å². The van der Waals surface area contributed by atoms with E-state index in [1.54, 1.807) is 10.9 Å². The van der Waals surface area contributed by atoms with Crippen molar-refractivity contribution in [2.24, 2.45) is 12.5 Å². The van der Waals surface area contributed by atoms with Crippen LogP contribution in [0.5, 0.6) is 0 Å². The number of halogens is 1. The number of anilines is 3. The highest BCUT2D eigenvalue weighted by atomic mass is 35.5. The van der Waals surface area contributed by atoms with E-state index < -0.39 is 0 Å². The molecular formula is C33H38ClN9O2. The van der Waals surface area contributed by atoms with Crippen LogP contribution in [0.2, 0.25) is 5.02 Å². The fourth-order valence-electron chi connectivity index (χ4n) is 6.64. The lowest BCUT2D eigenvalue weighted by molar-refractivity contribution is -0.0985. The standard InChI is InChI=1S/C33H38ClN9O2/c1-41-19-25(17-38-41)24-7-12-29(35-16-24)43(32(44)37-15-23-5-3-2-4-6-23)27-10-8-26(9-11-27)39-31-36-18-28(34)30(40-31)42-14-13-33(20-42)21-45-22-33/h2-7,12,16-19,26-27H,8-11,13-15,20-22H2,1H3,(H,37,44)(H,36,39,40)/t26-,27-. The fourth-order valence-corrected chi connectivity index (χ4v) is 6.85. The predicted octanol–water partition coefficient (Wildman–Crippen LogP) is 5.29. The van der Waals surface area contributed by atoms with Crippen molar-refractivity contribution >= 4 is 35.2 Å². The third-order valence-electron chi connectivity index (χ3n) is 9.21. The van der Waals surface area contributed by atoms with Crippen LogP contribution in [0.15, 0.2) is 67.3 Å². The molecule has 2 amide bonds. The maximum Gasteiger partial charge on any atom is 0.323 e. The minimum atomic E-state index is -0.150. The fraction of sp³-hybridized carbons (Fsp3) is 0.424. The Balaban J connectivity index is 1.03. The molecule has 7 rings (SSSR count). The highest BCUT2D eigenvalue weighted by molar-refractivity contribution is 6.32. The van der Waals surface area contributed by atoms with Crippen LogP contribution in [0.1, 0.15) is 37.7 Å². The van der Waals surface area contributed by atoms with Crippen LogP contribution in [-0.2, 0) is 18.3 Å². The molecule has 45 heavy (non-hydrogen) atoms. The maximum absolute atomic E-state index is 13.7. The Morgan fingerprint density at radius 1 is 1.04 bits per heavy atom. The Morgan fingerprint density at radius 3 is 2.53 bits per heavy atom. The van der Waals surface area contributed by atoms with Gasteiger partial charge in [-0.3, -0.25) is 9.58 Å². The monoisotopic (exact) mass is 627 g/mol. The zero-order valence-corrected chi connectivity index (χ0v) is 26.2. The highest BCUT2D eigenvalue weighted by Crippen LogP contribution is 2.40. The molecule has 1 aromatic carbocycles. The molecule has 0 radical (unpaired) electrons. The molecular weight excluding hydrogens is 590 g/mol. The van der Waals surface area contributed by atoms with Gasteiger partial charge in [0.1, 0.15) is 10.8 Å². The number of rotatable bonds is 8. The minimum Gasteiger partial charge on any atom is -0.380 e. The van der Waals surface area contributed by atoms with Crippen molar-refractivity contribution in [2.75, 3.05) is 41.4 Å². The second-order valence-electron chi connectivity index (χ2n) is 12.5. The minimum absolute atomic E-state index is 0.00254. The molecule has 2 aliphatic heterocycles. The van der Waals surface area contributed by atoms with Gasteiger partial charge in [-0.2, -0.15) is 10.1 Å². The van der Waals surface area contributed by atoms with Crippen molar-refractivity contribution in [2.45, 2.75) is 50.7 Å².